The number of hydrogen-bond acceptors (Lipinski definition) is 4. The highest BCUT2D eigenvalue weighted by atomic mass is 16.5. The molecule has 0 aliphatic heterocycles. The number of para-hydroxylation sites is 1. The van der Waals surface area contributed by atoms with Crippen molar-refractivity contribution in [1.29, 1.82) is 0 Å². The first-order valence-electron chi connectivity index (χ1n) is 5.56. The van der Waals surface area contributed by atoms with Crippen molar-refractivity contribution < 1.29 is 19.1 Å². The van der Waals surface area contributed by atoms with Crippen LogP contribution in [0.5, 0.6) is 5.75 Å². The maximum atomic E-state index is 11.3. The van der Waals surface area contributed by atoms with Gasteiger partial charge in [0.05, 0.1) is 0 Å². The molecule has 0 fully saturated rings. The summed E-state index contributed by atoms with van der Waals surface area (Å²) in [5.41, 5.74) is 0.591. The Morgan fingerprint density at radius 2 is 1.89 bits per heavy atom. The molecular formula is C15H14O4. The van der Waals surface area contributed by atoms with Crippen LogP contribution >= 0.6 is 0 Å². The molecule has 0 heterocycles. The Morgan fingerprint density at radius 1 is 1.16 bits per heavy atom. The van der Waals surface area contributed by atoms with Crippen LogP contribution in [0.25, 0.3) is 6.08 Å². The van der Waals surface area contributed by atoms with Crippen LogP contribution < -0.4 is 4.74 Å². The standard InChI is InChI=1S/C15H14O4/c1-3-11-18-15(17)10-9-12-7-5-6-8-13(12)19-14(16)4-2/h3-10H,1-2,11H2. The van der Waals surface area contributed by atoms with E-state index in [4.69, 9.17) is 9.47 Å². The first-order valence-corrected chi connectivity index (χ1v) is 5.56. The van der Waals surface area contributed by atoms with Gasteiger partial charge in [-0.15, -0.1) is 0 Å². The lowest BCUT2D eigenvalue weighted by Gasteiger charge is -2.04. The molecule has 1 aromatic rings. The fourth-order valence-corrected chi connectivity index (χ4v) is 1.21. The molecule has 0 spiro atoms. The van der Waals surface area contributed by atoms with E-state index in [0.29, 0.717) is 11.3 Å². The van der Waals surface area contributed by atoms with E-state index < -0.39 is 11.9 Å². The lowest BCUT2D eigenvalue weighted by molar-refractivity contribution is -0.136. The summed E-state index contributed by atoms with van der Waals surface area (Å²) in [6.45, 7) is 6.91. The predicted octanol–water partition coefficient (Wildman–Crippen LogP) is 2.52. The van der Waals surface area contributed by atoms with E-state index >= 15 is 0 Å². The zero-order valence-corrected chi connectivity index (χ0v) is 10.4. The van der Waals surface area contributed by atoms with Gasteiger partial charge in [-0.3, -0.25) is 0 Å². The third-order valence-corrected chi connectivity index (χ3v) is 2.04. The summed E-state index contributed by atoms with van der Waals surface area (Å²) in [4.78, 5) is 22.4. The smallest absolute Gasteiger partial charge is 0.335 e. The van der Waals surface area contributed by atoms with Crippen molar-refractivity contribution in [2.75, 3.05) is 6.61 Å². The average Bonchev–Trinajstić information content (AvgIpc) is 2.44. The van der Waals surface area contributed by atoms with Crippen molar-refractivity contribution in [3.63, 3.8) is 0 Å². The Labute approximate surface area is 111 Å². The molecule has 0 amide bonds. The Balaban J connectivity index is 2.79. The van der Waals surface area contributed by atoms with E-state index in [1.807, 2.05) is 0 Å². The summed E-state index contributed by atoms with van der Waals surface area (Å²) in [7, 11) is 0. The van der Waals surface area contributed by atoms with Gasteiger partial charge in [-0.25, -0.2) is 9.59 Å². The molecule has 1 aromatic carbocycles. The second kappa shape index (κ2) is 7.66. The fourth-order valence-electron chi connectivity index (χ4n) is 1.21. The molecule has 0 saturated carbocycles. The minimum atomic E-state index is -0.560. The van der Waals surface area contributed by atoms with Gasteiger partial charge in [0.25, 0.3) is 0 Å². The molecule has 98 valence electrons. The molecule has 1 rings (SSSR count). The number of esters is 2. The molecule has 0 N–H and O–H groups in total. The van der Waals surface area contributed by atoms with Crippen LogP contribution in [0.3, 0.4) is 0 Å². The molecule has 4 nitrogen and oxygen atoms in total. The monoisotopic (exact) mass is 258 g/mol. The second-order valence-corrected chi connectivity index (χ2v) is 3.42. The third kappa shape index (κ3) is 5.04. The first-order chi connectivity index (χ1) is 9.17. The minimum Gasteiger partial charge on any atom is -0.458 e. The van der Waals surface area contributed by atoms with Crippen LogP contribution in [0, 0.1) is 0 Å². The number of benzene rings is 1. The van der Waals surface area contributed by atoms with Gasteiger partial charge in [0.1, 0.15) is 12.4 Å². The molecule has 0 radical (unpaired) electrons. The summed E-state index contributed by atoms with van der Waals surface area (Å²) in [6, 6.07) is 6.82. The van der Waals surface area contributed by atoms with Crippen molar-refractivity contribution in [2.24, 2.45) is 0 Å². The molecule has 0 atom stereocenters. The number of carbonyl (C=O) groups is 2. The molecule has 4 heteroatoms. The maximum Gasteiger partial charge on any atom is 0.335 e. The van der Waals surface area contributed by atoms with Gasteiger partial charge in [0.2, 0.25) is 0 Å². The van der Waals surface area contributed by atoms with Gasteiger partial charge in [0.15, 0.2) is 0 Å². The van der Waals surface area contributed by atoms with Crippen molar-refractivity contribution in [3.8, 4) is 5.75 Å². The van der Waals surface area contributed by atoms with Crippen LogP contribution in [-0.2, 0) is 14.3 Å². The highest BCUT2D eigenvalue weighted by molar-refractivity contribution is 5.88. The number of ether oxygens (including phenoxy) is 2. The van der Waals surface area contributed by atoms with Gasteiger partial charge in [-0.05, 0) is 12.1 Å². The van der Waals surface area contributed by atoms with Crippen molar-refractivity contribution in [1.82, 2.24) is 0 Å². The third-order valence-electron chi connectivity index (χ3n) is 2.04. The van der Waals surface area contributed by atoms with Crippen molar-refractivity contribution in [3.05, 3.63) is 61.2 Å². The summed E-state index contributed by atoms with van der Waals surface area (Å²) in [6.07, 6.45) is 5.31. The van der Waals surface area contributed by atoms with Crippen molar-refractivity contribution in [2.45, 2.75) is 0 Å². The number of rotatable bonds is 6. The molecule has 0 aliphatic carbocycles. The van der Waals surface area contributed by atoms with Crippen molar-refractivity contribution >= 4 is 18.0 Å². The van der Waals surface area contributed by atoms with Gasteiger partial charge in [-0.1, -0.05) is 37.4 Å². The highest BCUT2D eigenvalue weighted by Gasteiger charge is 2.04. The first kappa shape index (κ1) is 14.4. The Hall–Kier alpha value is -2.62. The normalized spacial score (nSPS) is 9.89. The van der Waals surface area contributed by atoms with Crippen LogP contribution in [0.4, 0.5) is 0 Å². The van der Waals surface area contributed by atoms with Crippen LogP contribution in [0.1, 0.15) is 5.56 Å². The zero-order chi connectivity index (χ0) is 14.1. The Morgan fingerprint density at radius 3 is 2.58 bits per heavy atom. The fraction of sp³-hybridized carbons (Fsp3) is 0.0667. The predicted molar refractivity (Wildman–Crippen MR) is 72.5 cm³/mol. The zero-order valence-electron chi connectivity index (χ0n) is 10.4. The van der Waals surface area contributed by atoms with Crippen LogP contribution in [0.2, 0.25) is 0 Å². The molecule has 0 aromatic heterocycles. The molecule has 0 unspecified atom stereocenters. The largest absolute Gasteiger partial charge is 0.458 e. The molecule has 0 saturated heterocycles. The molecule has 19 heavy (non-hydrogen) atoms. The topological polar surface area (TPSA) is 52.6 Å². The summed E-state index contributed by atoms with van der Waals surface area (Å²) >= 11 is 0. The average molecular weight is 258 g/mol. The van der Waals surface area contributed by atoms with E-state index in [1.165, 1.54) is 18.2 Å². The minimum absolute atomic E-state index is 0.149. The lowest BCUT2D eigenvalue weighted by Crippen LogP contribution is -2.04. The van der Waals surface area contributed by atoms with Gasteiger partial charge in [-0.2, -0.15) is 0 Å². The van der Waals surface area contributed by atoms with Gasteiger partial charge in [0, 0.05) is 17.7 Å². The Bertz CT molecular complexity index is 515. The molecule has 0 aliphatic rings. The Kier molecular flexibility index (Phi) is 5.82. The SMILES string of the molecule is C=CCOC(=O)C=Cc1ccccc1OC(=O)C=C. The van der Waals surface area contributed by atoms with E-state index in [0.717, 1.165) is 6.08 Å². The summed E-state index contributed by atoms with van der Waals surface area (Å²) < 4.78 is 9.82. The van der Waals surface area contributed by atoms with Crippen LogP contribution in [0.15, 0.2) is 55.7 Å². The quantitative estimate of drug-likeness (QED) is 0.340. The summed E-state index contributed by atoms with van der Waals surface area (Å²) in [5, 5.41) is 0. The lowest BCUT2D eigenvalue weighted by atomic mass is 10.2. The van der Waals surface area contributed by atoms with E-state index in [-0.39, 0.29) is 6.61 Å². The van der Waals surface area contributed by atoms with Gasteiger partial charge >= 0.3 is 11.9 Å². The maximum absolute atomic E-state index is 11.3. The highest BCUT2D eigenvalue weighted by Crippen LogP contribution is 2.19. The van der Waals surface area contributed by atoms with Gasteiger partial charge < -0.3 is 9.47 Å². The summed E-state index contributed by atoms with van der Waals surface area (Å²) in [5.74, 6) is -0.708. The number of carbonyl (C=O) groups excluding carboxylic acids is 2. The van der Waals surface area contributed by atoms with E-state index in [2.05, 4.69) is 13.2 Å². The van der Waals surface area contributed by atoms with Crippen LogP contribution in [-0.4, -0.2) is 18.5 Å². The van der Waals surface area contributed by atoms with E-state index in [9.17, 15) is 9.59 Å². The molecular weight excluding hydrogens is 244 g/mol. The number of hydrogen-bond donors (Lipinski definition) is 0. The van der Waals surface area contributed by atoms with E-state index in [1.54, 1.807) is 24.3 Å². The molecule has 0 bridgehead atoms. The second-order valence-electron chi connectivity index (χ2n) is 3.42.